The average molecular weight is 566 g/mol. The zero-order chi connectivity index (χ0) is 29.6. The van der Waals surface area contributed by atoms with E-state index in [4.69, 9.17) is 10.2 Å². The Balaban J connectivity index is 1.15. The summed E-state index contributed by atoms with van der Waals surface area (Å²) in [7, 11) is 0. The van der Waals surface area contributed by atoms with Crippen LogP contribution in [0.15, 0.2) is 156 Å². The molecular weight excluding hydrogens is 534 g/mol. The minimum absolute atomic E-state index is 0.114. The number of hydrogen-bond donors (Lipinski definition) is 1. The fourth-order valence-corrected chi connectivity index (χ4v) is 6.55. The van der Waals surface area contributed by atoms with E-state index in [9.17, 15) is 0 Å². The molecule has 1 atom stereocenters. The van der Waals surface area contributed by atoms with Gasteiger partial charge in [-0.05, 0) is 79.2 Å². The van der Waals surface area contributed by atoms with Crippen molar-refractivity contribution in [2.75, 3.05) is 0 Å². The van der Waals surface area contributed by atoms with Gasteiger partial charge in [-0.25, -0.2) is 0 Å². The molecule has 2 nitrogen and oxygen atoms in total. The van der Waals surface area contributed by atoms with Crippen molar-refractivity contribution in [3.63, 3.8) is 0 Å². The molecule has 44 heavy (non-hydrogen) atoms. The Kier molecular flexibility index (Phi) is 6.27. The van der Waals surface area contributed by atoms with Crippen LogP contribution in [0, 0.1) is 0 Å². The monoisotopic (exact) mass is 565 g/mol. The molecule has 2 heteroatoms. The summed E-state index contributed by atoms with van der Waals surface area (Å²) >= 11 is 0. The van der Waals surface area contributed by atoms with Gasteiger partial charge in [-0.1, -0.05) is 134 Å². The third kappa shape index (κ3) is 4.53. The molecule has 1 aromatic heterocycles. The lowest BCUT2D eigenvalue weighted by atomic mass is 9.93. The van der Waals surface area contributed by atoms with Crippen LogP contribution in [-0.2, 0) is 0 Å². The first-order valence-electron chi connectivity index (χ1n) is 15.1. The summed E-state index contributed by atoms with van der Waals surface area (Å²) in [6.07, 6.45) is 2.14. The van der Waals surface area contributed by atoms with E-state index in [1.165, 1.54) is 49.4 Å². The molecule has 0 bridgehead atoms. The van der Waals surface area contributed by atoms with E-state index in [0.29, 0.717) is 0 Å². The third-order valence-corrected chi connectivity index (χ3v) is 8.85. The molecule has 1 heterocycles. The minimum atomic E-state index is 0.114. The lowest BCUT2D eigenvalue weighted by Crippen LogP contribution is -2.00. The van der Waals surface area contributed by atoms with E-state index in [0.717, 1.165) is 33.2 Å². The molecule has 0 radical (unpaired) electrons. The molecule has 0 aliphatic rings. The Morgan fingerprint density at radius 2 is 1.20 bits per heavy atom. The zero-order valence-electron chi connectivity index (χ0n) is 24.5. The Morgan fingerprint density at radius 3 is 2.02 bits per heavy atom. The Morgan fingerprint density at radius 1 is 0.545 bits per heavy atom. The molecule has 1 unspecified atom stereocenters. The molecule has 2 N–H and O–H groups in total. The number of benzene rings is 7. The first kappa shape index (κ1) is 26.1. The number of fused-ring (bicyclic) bond motifs is 6. The van der Waals surface area contributed by atoms with E-state index in [-0.39, 0.29) is 5.92 Å². The van der Waals surface area contributed by atoms with Crippen molar-refractivity contribution in [1.29, 1.82) is 0 Å². The fourth-order valence-electron chi connectivity index (χ4n) is 6.55. The van der Waals surface area contributed by atoms with Crippen molar-refractivity contribution < 1.29 is 4.42 Å². The topological polar surface area (TPSA) is 39.2 Å². The van der Waals surface area contributed by atoms with Gasteiger partial charge in [0, 0.05) is 22.4 Å². The van der Waals surface area contributed by atoms with E-state index in [1.807, 2.05) is 30.3 Å². The van der Waals surface area contributed by atoms with E-state index in [1.54, 1.807) is 0 Å². The van der Waals surface area contributed by atoms with Gasteiger partial charge >= 0.3 is 0 Å². The Hall–Kier alpha value is -5.60. The maximum Gasteiger partial charge on any atom is 0.135 e. The van der Waals surface area contributed by atoms with E-state index < -0.39 is 0 Å². The van der Waals surface area contributed by atoms with Crippen molar-refractivity contribution in [2.45, 2.75) is 12.8 Å². The Bertz CT molecular complexity index is 2340. The van der Waals surface area contributed by atoms with Gasteiger partial charge in [-0.15, -0.1) is 0 Å². The Labute approximate surface area is 256 Å². The molecule has 0 saturated carbocycles. The summed E-state index contributed by atoms with van der Waals surface area (Å²) in [5.41, 5.74) is 16.1. The minimum Gasteiger partial charge on any atom is -0.456 e. The number of allylic oxidation sites excluding steroid dienone is 1. The highest BCUT2D eigenvalue weighted by Crippen LogP contribution is 2.38. The van der Waals surface area contributed by atoms with E-state index >= 15 is 0 Å². The van der Waals surface area contributed by atoms with Crippen LogP contribution in [0.2, 0.25) is 0 Å². The molecule has 0 saturated heterocycles. The van der Waals surface area contributed by atoms with Crippen LogP contribution in [0.25, 0.3) is 71.4 Å². The highest BCUT2D eigenvalue weighted by Gasteiger charge is 2.16. The summed E-state index contributed by atoms with van der Waals surface area (Å²) in [5, 5.41) is 7.38. The van der Waals surface area contributed by atoms with Crippen LogP contribution in [0.1, 0.15) is 24.0 Å². The maximum atomic E-state index is 6.51. The normalized spacial score (nSPS) is 12.8. The standard InChI is InChI=1S/C42H31NO/c1-27(24-39(43)31-9-3-2-4-10-31)35-12-7-13-41-42(35)38-26-33(21-23-40(38)44-41)29-16-14-28(15-17-29)32-20-22-37-34(25-32)19-18-30-8-5-6-11-36(30)37/h2-27H,43H2,1H3/b39-24-. The average Bonchev–Trinajstić information content (AvgIpc) is 3.46. The van der Waals surface area contributed by atoms with Gasteiger partial charge in [-0.3, -0.25) is 0 Å². The van der Waals surface area contributed by atoms with Crippen LogP contribution in [0.3, 0.4) is 0 Å². The highest BCUT2D eigenvalue weighted by molar-refractivity contribution is 6.09. The first-order chi connectivity index (χ1) is 21.6. The molecule has 210 valence electrons. The molecule has 7 aromatic carbocycles. The summed E-state index contributed by atoms with van der Waals surface area (Å²) in [4.78, 5) is 0. The summed E-state index contributed by atoms with van der Waals surface area (Å²) < 4.78 is 6.31. The van der Waals surface area contributed by atoms with Gasteiger partial charge < -0.3 is 10.2 Å². The van der Waals surface area contributed by atoms with Crippen LogP contribution in [0.4, 0.5) is 0 Å². The first-order valence-corrected chi connectivity index (χ1v) is 15.1. The predicted molar refractivity (Wildman–Crippen MR) is 187 cm³/mol. The van der Waals surface area contributed by atoms with E-state index in [2.05, 4.69) is 128 Å². The number of hydrogen-bond acceptors (Lipinski definition) is 2. The summed E-state index contributed by atoms with van der Waals surface area (Å²) in [6, 6.07) is 51.6. The number of rotatable bonds is 5. The largest absolute Gasteiger partial charge is 0.456 e. The van der Waals surface area contributed by atoms with Crippen molar-refractivity contribution in [3.8, 4) is 22.3 Å². The summed E-state index contributed by atoms with van der Waals surface area (Å²) in [6.45, 7) is 2.20. The van der Waals surface area contributed by atoms with Crippen molar-refractivity contribution in [3.05, 3.63) is 163 Å². The fraction of sp³-hybridized carbons (Fsp3) is 0.0476. The second kappa shape index (κ2) is 10.6. The molecule has 0 amide bonds. The van der Waals surface area contributed by atoms with Gasteiger partial charge in [-0.2, -0.15) is 0 Å². The van der Waals surface area contributed by atoms with Gasteiger partial charge in [0.2, 0.25) is 0 Å². The molecule has 0 aliphatic carbocycles. The van der Waals surface area contributed by atoms with Gasteiger partial charge in [0.05, 0.1) is 0 Å². The molecule has 8 aromatic rings. The second-order valence-corrected chi connectivity index (χ2v) is 11.6. The van der Waals surface area contributed by atoms with Crippen molar-refractivity contribution in [1.82, 2.24) is 0 Å². The highest BCUT2D eigenvalue weighted by atomic mass is 16.3. The quantitative estimate of drug-likeness (QED) is 0.211. The predicted octanol–water partition coefficient (Wildman–Crippen LogP) is 11.3. The SMILES string of the molecule is CC(/C=C(\N)c1ccccc1)c1cccc2oc3ccc(-c4ccc(-c5ccc6c(ccc7ccccc76)c5)cc4)cc3c12. The van der Waals surface area contributed by atoms with Gasteiger partial charge in [0.15, 0.2) is 0 Å². The molecule has 0 spiro atoms. The lowest BCUT2D eigenvalue weighted by molar-refractivity contribution is 0.668. The molecule has 0 fully saturated rings. The molecular formula is C42H31NO. The van der Waals surface area contributed by atoms with Gasteiger partial charge in [0.1, 0.15) is 11.2 Å². The van der Waals surface area contributed by atoms with Gasteiger partial charge in [0.25, 0.3) is 0 Å². The van der Waals surface area contributed by atoms with Crippen LogP contribution in [-0.4, -0.2) is 0 Å². The summed E-state index contributed by atoms with van der Waals surface area (Å²) in [5.74, 6) is 0.114. The zero-order valence-corrected chi connectivity index (χ0v) is 24.5. The third-order valence-electron chi connectivity index (χ3n) is 8.85. The molecule has 0 aliphatic heterocycles. The second-order valence-electron chi connectivity index (χ2n) is 11.6. The number of nitrogens with two attached hydrogens (primary N) is 1. The van der Waals surface area contributed by atoms with Crippen LogP contribution >= 0.6 is 0 Å². The van der Waals surface area contributed by atoms with Crippen LogP contribution in [0.5, 0.6) is 0 Å². The van der Waals surface area contributed by atoms with Crippen molar-refractivity contribution in [2.24, 2.45) is 5.73 Å². The smallest absolute Gasteiger partial charge is 0.135 e. The number of furan rings is 1. The molecule has 8 rings (SSSR count). The lowest BCUT2D eigenvalue weighted by Gasteiger charge is -2.11. The maximum absolute atomic E-state index is 6.51. The van der Waals surface area contributed by atoms with Crippen LogP contribution < -0.4 is 5.73 Å². The van der Waals surface area contributed by atoms with Crippen molar-refractivity contribution >= 4 is 49.2 Å².